The lowest BCUT2D eigenvalue weighted by Crippen LogP contribution is -2.46. The number of hydrogen-bond donors (Lipinski definition) is 2. The monoisotopic (exact) mass is 368 g/mol. The number of imidazole rings is 1. The topological polar surface area (TPSA) is 78.1 Å². The third-order valence-electron chi connectivity index (χ3n) is 3.08. The molecule has 8 heteroatoms. The highest BCUT2D eigenvalue weighted by atomic mass is 35.5. The third-order valence-corrected chi connectivity index (χ3v) is 4.17. The molecular formula is C16H21ClN4O2S. The lowest BCUT2D eigenvalue weighted by Gasteiger charge is -2.23. The van der Waals surface area contributed by atoms with Crippen LogP contribution in [0.5, 0.6) is 0 Å². The molecular weight excluding hydrogens is 348 g/mol. The van der Waals surface area contributed by atoms with Crippen molar-refractivity contribution < 1.29 is 9.59 Å². The van der Waals surface area contributed by atoms with Gasteiger partial charge in [-0.2, -0.15) is 0 Å². The molecule has 0 radical (unpaired) electrons. The van der Waals surface area contributed by atoms with Crippen LogP contribution in [0.2, 0.25) is 5.02 Å². The summed E-state index contributed by atoms with van der Waals surface area (Å²) in [4.78, 5) is 32.9. The molecule has 0 aliphatic heterocycles. The summed E-state index contributed by atoms with van der Waals surface area (Å²) >= 11 is 7.23. The van der Waals surface area contributed by atoms with Gasteiger partial charge in [-0.25, -0.2) is 4.98 Å². The number of thioether (sulfide) groups is 1. The Kier molecular flexibility index (Phi) is 5.77. The van der Waals surface area contributed by atoms with Gasteiger partial charge < -0.3 is 15.2 Å². The van der Waals surface area contributed by atoms with Crippen LogP contribution in [0.3, 0.4) is 0 Å². The van der Waals surface area contributed by atoms with Crippen molar-refractivity contribution in [3.05, 3.63) is 23.2 Å². The van der Waals surface area contributed by atoms with Crippen molar-refractivity contribution in [1.82, 2.24) is 20.2 Å². The molecule has 2 rings (SSSR count). The summed E-state index contributed by atoms with van der Waals surface area (Å²) in [5.41, 5.74) is 1.31. The molecule has 6 nitrogen and oxygen atoms in total. The molecule has 2 aromatic rings. The molecule has 1 aromatic heterocycles. The van der Waals surface area contributed by atoms with Gasteiger partial charge in [-0.15, -0.1) is 0 Å². The number of benzene rings is 1. The Morgan fingerprint density at radius 3 is 2.75 bits per heavy atom. The molecule has 2 N–H and O–H groups in total. The first kappa shape index (κ1) is 18.6. The van der Waals surface area contributed by atoms with Crippen molar-refractivity contribution in [2.24, 2.45) is 0 Å². The van der Waals surface area contributed by atoms with Crippen molar-refractivity contribution in [2.45, 2.75) is 31.5 Å². The van der Waals surface area contributed by atoms with E-state index in [1.54, 1.807) is 19.2 Å². The van der Waals surface area contributed by atoms with Gasteiger partial charge in [0.1, 0.15) is 0 Å². The van der Waals surface area contributed by atoms with E-state index in [1.165, 1.54) is 16.7 Å². The van der Waals surface area contributed by atoms with Crippen LogP contribution in [-0.4, -0.2) is 51.6 Å². The second-order valence-electron chi connectivity index (χ2n) is 6.54. The predicted octanol–water partition coefficient (Wildman–Crippen LogP) is 2.68. The lowest BCUT2D eigenvalue weighted by atomic mass is 10.1. The number of aromatic nitrogens is 2. The number of nitrogens with zero attached hydrogens (tertiary/aromatic N) is 2. The van der Waals surface area contributed by atoms with Crippen molar-refractivity contribution in [1.29, 1.82) is 0 Å². The fourth-order valence-electron chi connectivity index (χ4n) is 2.03. The number of H-pyrrole nitrogens is 1. The van der Waals surface area contributed by atoms with Gasteiger partial charge in [0, 0.05) is 17.6 Å². The maximum atomic E-state index is 12.1. The maximum absolute atomic E-state index is 12.1. The molecule has 0 saturated carbocycles. The molecule has 2 amide bonds. The molecule has 0 bridgehead atoms. The minimum Gasteiger partial charge on any atom is -0.350 e. The second kappa shape index (κ2) is 7.44. The smallest absolute Gasteiger partial charge is 0.240 e. The number of hydrogen-bond acceptors (Lipinski definition) is 4. The number of aromatic amines is 1. The van der Waals surface area contributed by atoms with Gasteiger partial charge in [0.2, 0.25) is 11.8 Å². The highest BCUT2D eigenvalue weighted by molar-refractivity contribution is 7.99. The summed E-state index contributed by atoms with van der Waals surface area (Å²) in [6, 6.07) is 5.38. The fourth-order valence-corrected chi connectivity index (χ4v) is 3.03. The Morgan fingerprint density at radius 2 is 2.08 bits per heavy atom. The first-order valence-electron chi connectivity index (χ1n) is 7.47. The SMILES string of the molecule is CN(CC(=O)NC(C)(C)C)C(=O)CSc1nc2ccc(Cl)cc2[nH]1. The standard InChI is InChI=1S/C16H21ClN4O2S/c1-16(2,3)20-13(22)8-21(4)14(23)9-24-15-18-11-6-5-10(17)7-12(11)19-15/h5-7H,8-9H2,1-4H3,(H,18,19)(H,20,22). The Labute approximate surface area is 150 Å². The lowest BCUT2D eigenvalue weighted by molar-refractivity contribution is -0.133. The van der Waals surface area contributed by atoms with Crippen LogP contribution in [0.4, 0.5) is 0 Å². The molecule has 0 fully saturated rings. The van der Waals surface area contributed by atoms with Crippen molar-refractivity contribution >= 4 is 46.2 Å². The average Bonchev–Trinajstić information content (AvgIpc) is 2.84. The number of halogens is 1. The zero-order valence-corrected chi connectivity index (χ0v) is 15.7. The van der Waals surface area contributed by atoms with Crippen LogP contribution in [0.25, 0.3) is 11.0 Å². The molecule has 1 aromatic carbocycles. The maximum Gasteiger partial charge on any atom is 0.240 e. The van der Waals surface area contributed by atoms with Crippen LogP contribution < -0.4 is 5.32 Å². The molecule has 0 aliphatic rings. The van der Waals surface area contributed by atoms with Gasteiger partial charge >= 0.3 is 0 Å². The summed E-state index contributed by atoms with van der Waals surface area (Å²) in [7, 11) is 1.61. The van der Waals surface area contributed by atoms with Crippen LogP contribution in [0.15, 0.2) is 23.4 Å². The Hall–Kier alpha value is -1.73. The normalized spacial score (nSPS) is 11.5. The number of carbonyl (C=O) groups excluding carboxylic acids is 2. The van der Waals surface area contributed by atoms with Gasteiger partial charge in [-0.05, 0) is 39.0 Å². The largest absolute Gasteiger partial charge is 0.350 e. The Bertz CT molecular complexity index is 754. The highest BCUT2D eigenvalue weighted by Crippen LogP contribution is 2.22. The molecule has 0 saturated heterocycles. The summed E-state index contributed by atoms with van der Waals surface area (Å²) < 4.78 is 0. The minimum absolute atomic E-state index is 0.0341. The van der Waals surface area contributed by atoms with E-state index < -0.39 is 0 Å². The number of likely N-dealkylation sites (N-methyl/N-ethyl adjacent to an activating group) is 1. The van der Waals surface area contributed by atoms with E-state index in [4.69, 9.17) is 11.6 Å². The summed E-state index contributed by atoms with van der Waals surface area (Å²) in [5.74, 6) is -0.114. The van der Waals surface area contributed by atoms with Crippen molar-refractivity contribution in [3.8, 4) is 0 Å². The van der Waals surface area contributed by atoms with Gasteiger partial charge in [-0.1, -0.05) is 23.4 Å². The molecule has 24 heavy (non-hydrogen) atoms. The summed E-state index contributed by atoms with van der Waals surface area (Å²) in [6.45, 7) is 5.73. The number of fused-ring (bicyclic) bond motifs is 1. The van der Waals surface area contributed by atoms with Crippen molar-refractivity contribution in [3.63, 3.8) is 0 Å². The Balaban J connectivity index is 1.88. The molecule has 1 heterocycles. The van der Waals surface area contributed by atoms with E-state index in [9.17, 15) is 9.59 Å². The minimum atomic E-state index is -0.314. The zero-order valence-electron chi connectivity index (χ0n) is 14.1. The van der Waals surface area contributed by atoms with Gasteiger partial charge in [-0.3, -0.25) is 9.59 Å². The number of amides is 2. The first-order valence-corrected chi connectivity index (χ1v) is 8.83. The molecule has 0 unspecified atom stereocenters. The van der Waals surface area contributed by atoms with E-state index >= 15 is 0 Å². The molecule has 0 spiro atoms. The highest BCUT2D eigenvalue weighted by Gasteiger charge is 2.18. The quantitative estimate of drug-likeness (QED) is 0.795. The van der Waals surface area contributed by atoms with Gasteiger partial charge in [0.15, 0.2) is 5.16 Å². The van der Waals surface area contributed by atoms with Crippen molar-refractivity contribution in [2.75, 3.05) is 19.3 Å². The molecule has 130 valence electrons. The van der Waals surface area contributed by atoms with Crippen LogP contribution in [0.1, 0.15) is 20.8 Å². The second-order valence-corrected chi connectivity index (χ2v) is 7.94. The van der Waals surface area contributed by atoms with E-state index in [1.807, 2.05) is 26.8 Å². The summed E-state index contributed by atoms with van der Waals surface area (Å²) in [5, 5.41) is 4.11. The first-order chi connectivity index (χ1) is 11.1. The number of nitrogens with one attached hydrogen (secondary N) is 2. The number of carbonyl (C=O) groups is 2. The van der Waals surface area contributed by atoms with Crippen LogP contribution in [-0.2, 0) is 9.59 Å². The third kappa shape index (κ3) is 5.42. The number of rotatable bonds is 5. The molecule has 0 atom stereocenters. The van der Waals surface area contributed by atoms with E-state index in [0.717, 1.165) is 11.0 Å². The average molecular weight is 369 g/mol. The van der Waals surface area contributed by atoms with E-state index in [-0.39, 0.29) is 29.7 Å². The zero-order chi connectivity index (χ0) is 17.9. The Morgan fingerprint density at radius 1 is 1.38 bits per heavy atom. The van der Waals surface area contributed by atoms with E-state index in [2.05, 4.69) is 15.3 Å². The summed E-state index contributed by atoms with van der Waals surface area (Å²) in [6.07, 6.45) is 0. The fraction of sp³-hybridized carbons (Fsp3) is 0.438. The van der Waals surface area contributed by atoms with Crippen LogP contribution in [0, 0.1) is 0 Å². The van der Waals surface area contributed by atoms with Gasteiger partial charge in [0.25, 0.3) is 0 Å². The van der Waals surface area contributed by atoms with Crippen LogP contribution >= 0.6 is 23.4 Å². The van der Waals surface area contributed by atoms with Gasteiger partial charge in [0.05, 0.1) is 23.3 Å². The molecule has 0 aliphatic carbocycles. The predicted molar refractivity (Wildman–Crippen MR) is 97.4 cm³/mol. The van der Waals surface area contributed by atoms with E-state index in [0.29, 0.717) is 10.2 Å².